The van der Waals surface area contributed by atoms with Gasteiger partial charge in [-0.15, -0.1) is 0 Å². The van der Waals surface area contributed by atoms with Crippen LogP contribution in [0.3, 0.4) is 0 Å². The van der Waals surface area contributed by atoms with Crippen molar-refractivity contribution >= 4 is 11.6 Å². The lowest BCUT2D eigenvalue weighted by Crippen LogP contribution is -2.48. The van der Waals surface area contributed by atoms with Crippen LogP contribution < -0.4 is 10.3 Å². The molecule has 1 saturated carbocycles. The molecule has 3 atom stereocenters. The van der Waals surface area contributed by atoms with Gasteiger partial charge in [-0.05, 0) is 44.1 Å². The number of pyridine rings is 1. The average Bonchev–Trinajstić information content (AvgIpc) is 2.54. The van der Waals surface area contributed by atoms with E-state index < -0.39 is 0 Å². The fourth-order valence-electron chi connectivity index (χ4n) is 4.74. The normalized spacial score (nSPS) is 27.1. The van der Waals surface area contributed by atoms with Crippen molar-refractivity contribution < 1.29 is 4.74 Å². The lowest BCUT2D eigenvalue weighted by atomic mass is 9.64. The zero-order chi connectivity index (χ0) is 17.8. The SMILES string of the molecule is C[C@H]1CC[C@@H]2[C@@H](C1)c1c(c(-c3ccccc3)c(Cl)[nH]c1=O)OC2(C)C. The van der Waals surface area contributed by atoms with Gasteiger partial charge in [0.25, 0.3) is 5.56 Å². The Hall–Kier alpha value is -1.74. The van der Waals surface area contributed by atoms with Crippen molar-refractivity contribution in [2.45, 2.75) is 51.6 Å². The second-order valence-electron chi connectivity index (χ2n) is 8.09. The first-order valence-electron chi connectivity index (χ1n) is 9.08. The van der Waals surface area contributed by atoms with Crippen molar-refractivity contribution in [3.63, 3.8) is 0 Å². The second-order valence-corrected chi connectivity index (χ2v) is 8.47. The molecule has 2 heterocycles. The topological polar surface area (TPSA) is 42.1 Å². The Kier molecular flexibility index (Phi) is 3.95. The highest BCUT2D eigenvalue weighted by Gasteiger charge is 2.48. The number of aromatic amines is 1. The van der Waals surface area contributed by atoms with Crippen LogP contribution in [0, 0.1) is 11.8 Å². The molecule has 0 radical (unpaired) electrons. The maximum Gasteiger partial charge on any atom is 0.256 e. The molecule has 1 aliphatic heterocycles. The van der Waals surface area contributed by atoms with E-state index in [0.29, 0.717) is 22.7 Å². The van der Waals surface area contributed by atoms with Crippen LogP contribution >= 0.6 is 11.6 Å². The summed E-state index contributed by atoms with van der Waals surface area (Å²) >= 11 is 6.46. The predicted octanol–water partition coefficient (Wildman–Crippen LogP) is 5.39. The molecule has 3 nitrogen and oxygen atoms in total. The third kappa shape index (κ3) is 2.69. The number of halogens is 1. The maximum absolute atomic E-state index is 12.8. The maximum atomic E-state index is 12.8. The summed E-state index contributed by atoms with van der Waals surface area (Å²) in [6.07, 6.45) is 3.32. The molecule has 1 aliphatic carbocycles. The molecule has 4 heteroatoms. The number of hydrogen-bond donors (Lipinski definition) is 1. The lowest BCUT2D eigenvalue weighted by molar-refractivity contribution is -0.0137. The van der Waals surface area contributed by atoms with Crippen molar-refractivity contribution in [3.8, 4) is 16.9 Å². The van der Waals surface area contributed by atoms with Crippen LogP contribution in [0.5, 0.6) is 5.75 Å². The van der Waals surface area contributed by atoms with Gasteiger partial charge in [-0.3, -0.25) is 4.79 Å². The van der Waals surface area contributed by atoms with E-state index in [-0.39, 0.29) is 17.1 Å². The molecular weight excluding hydrogens is 334 g/mol. The van der Waals surface area contributed by atoms with Crippen molar-refractivity contribution in [2.75, 3.05) is 0 Å². The van der Waals surface area contributed by atoms with E-state index in [1.807, 2.05) is 30.3 Å². The molecule has 0 saturated heterocycles. The molecule has 0 amide bonds. The van der Waals surface area contributed by atoms with Crippen LogP contribution in [0.4, 0.5) is 0 Å². The molecule has 25 heavy (non-hydrogen) atoms. The number of benzene rings is 1. The fourth-order valence-corrected chi connectivity index (χ4v) is 5.02. The van der Waals surface area contributed by atoms with E-state index >= 15 is 0 Å². The summed E-state index contributed by atoms with van der Waals surface area (Å²) in [7, 11) is 0. The highest BCUT2D eigenvalue weighted by molar-refractivity contribution is 6.32. The van der Waals surface area contributed by atoms with Gasteiger partial charge in [-0.25, -0.2) is 0 Å². The number of aromatic nitrogens is 1. The molecule has 0 spiro atoms. The van der Waals surface area contributed by atoms with Crippen molar-refractivity contribution in [3.05, 3.63) is 51.4 Å². The molecular formula is C21H24ClNO2. The Bertz CT molecular complexity index is 856. The molecule has 1 aromatic heterocycles. The molecule has 2 aliphatic rings. The number of nitrogens with one attached hydrogen (secondary N) is 1. The summed E-state index contributed by atoms with van der Waals surface area (Å²) in [6, 6.07) is 9.93. The Morgan fingerprint density at radius 1 is 1.20 bits per heavy atom. The first-order valence-corrected chi connectivity index (χ1v) is 9.46. The Morgan fingerprint density at radius 2 is 1.92 bits per heavy atom. The first kappa shape index (κ1) is 16.7. The number of H-pyrrole nitrogens is 1. The van der Waals surface area contributed by atoms with Crippen LogP contribution in [0.2, 0.25) is 5.15 Å². The summed E-state index contributed by atoms with van der Waals surface area (Å²) in [5.74, 6) is 1.90. The molecule has 1 fully saturated rings. The van der Waals surface area contributed by atoms with Crippen molar-refractivity contribution in [2.24, 2.45) is 11.8 Å². The molecule has 1 N–H and O–H groups in total. The van der Waals surface area contributed by atoms with E-state index in [0.717, 1.165) is 29.5 Å². The first-order chi connectivity index (χ1) is 11.9. The molecule has 1 aromatic carbocycles. The summed E-state index contributed by atoms with van der Waals surface area (Å²) in [6.45, 7) is 6.57. The van der Waals surface area contributed by atoms with Gasteiger partial charge in [0.1, 0.15) is 16.5 Å². The fraction of sp³-hybridized carbons (Fsp3) is 0.476. The van der Waals surface area contributed by atoms with Gasteiger partial charge >= 0.3 is 0 Å². The number of fused-ring (bicyclic) bond motifs is 3. The number of rotatable bonds is 1. The molecule has 2 aromatic rings. The monoisotopic (exact) mass is 357 g/mol. The van der Waals surface area contributed by atoms with E-state index in [9.17, 15) is 4.79 Å². The zero-order valence-electron chi connectivity index (χ0n) is 14.9. The van der Waals surface area contributed by atoms with Gasteiger partial charge in [0.15, 0.2) is 0 Å². The van der Waals surface area contributed by atoms with Crippen LogP contribution in [0.25, 0.3) is 11.1 Å². The van der Waals surface area contributed by atoms with Gasteiger partial charge in [0.2, 0.25) is 0 Å². The minimum atomic E-state index is -0.307. The van der Waals surface area contributed by atoms with E-state index in [1.54, 1.807) is 0 Å². The average molecular weight is 358 g/mol. The van der Waals surface area contributed by atoms with Gasteiger partial charge in [-0.1, -0.05) is 55.3 Å². The third-order valence-electron chi connectivity index (χ3n) is 5.96. The molecule has 0 unspecified atom stereocenters. The second kappa shape index (κ2) is 5.91. The summed E-state index contributed by atoms with van der Waals surface area (Å²) in [4.78, 5) is 15.7. The minimum Gasteiger partial charge on any atom is -0.486 e. The predicted molar refractivity (Wildman–Crippen MR) is 101 cm³/mol. The van der Waals surface area contributed by atoms with E-state index in [4.69, 9.17) is 16.3 Å². The van der Waals surface area contributed by atoms with Crippen LogP contribution in [-0.4, -0.2) is 10.6 Å². The number of ether oxygens (including phenoxy) is 1. The summed E-state index contributed by atoms with van der Waals surface area (Å²) < 4.78 is 6.47. The molecule has 0 bridgehead atoms. The van der Waals surface area contributed by atoms with Gasteiger partial charge < -0.3 is 9.72 Å². The molecule has 4 rings (SSSR count). The van der Waals surface area contributed by atoms with E-state index in [2.05, 4.69) is 25.8 Å². The smallest absolute Gasteiger partial charge is 0.256 e. The molecule has 132 valence electrons. The summed E-state index contributed by atoms with van der Waals surface area (Å²) in [5.41, 5.74) is 2.16. The van der Waals surface area contributed by atoms with E-state index in [1.165, 1.54) is 6.42 Å². The largest absolute Gasteiger partial charge is 0.486 e. The van der Waals surface area contributed by atoms with Gasteiger partial charge in [0, 0.05) is 5.92 Å². The highest BCUT2D eigenvalue weighted by Crippen LogP contribution is 2.54. The van der Waals surface area contributed by atoms with Crippen LogP contribution in [0.15, 0.2) is 35.1 Å². The Labute approximate surface area is 153 Å². The Balaban J connectivity index is 1.98. The van der Waals surface area contributed by atoms with Gasteiger partial charge in [0.05, 0.1) is 11.1 Å². The third-order valence-corrected chi connectivity index (χ3v) is 6.25. The number of hydrogen-bond acceptors (Lipinski definition) is 2. The quantitative estimate of drug-likeness (QED) is 0.695. The van der Waals surface area contributed by atoms with Crippen molar-refractivity contribution in [1.82, 2.24) is 4.98 Å². The van der Waals surface area contributed by atoms with Crippen molar-refractivity contribution in [1.29, 1.82) is 0 Å². The van der Waals surface area contributed by atoms with Crippen LogP contribution in [0.1, 0.15) is 51.5 Å². The zero-order valence-corrected chi connectivity index (χ0v) is 15.7. The lowest BCUT2D eigenvalue weighted by Gasteiger charge is -2.48. The Morgan fingerprint density at radius 3 is 2.64 bits per heavy atom. The minimum absolute atomic E-state index is 0.0979. The standard InChI is InChI=1S/C21H24ClNO2/c1-12-9-10-15-14(11-12)17-18(25-21(15,2)3)16(19(22)23-20(17)24)13-7-5-4-6-8-13/h4-8,12,14-15H,9-11H2,1-3H3,(H,23,24)/t12-,14+,15+/m0/s1. The highest BCUT2D eigenvalue weighted by atomic mass is 35.5. The van der Waals surface area contributed by atoms with Gasteiger partial charge in [-0.2, -0.15) is 0 Å². The summed E-state index contributed by atoms with van der Waals surface area (Å²) in [5, 5.41) is 0.355. The van der Waals surface area contributed by atoms with Crippen LogP contribution in [-0.2, 0) is 0 Å².